The molecule has 0 aliphatic heterocycles. The zero-order valence-corrected chi connectivity index (χ0v) is 8.95. The number of rotatable bonds is 2. The minimum Gasteiger partial charge on any atom is -0.313 e. The maximum atomic E-state index is 11.4. The van der Waals surface area contributed by atoms with Gasteiger partial charge in [-0.15, -0.1) is 0 Å². The van der Waals surface area contributed by atoms with Gasteiger partial charge in [-0.3, -0.25) is 4.57 Å². The Morgan fingerprint density at radius 3 is 2.47 bits per heavy atom. The van der Waals surface area contributed by atoms with Gasteiger partial charge < -0.3 is 4.98 Å². The zero-order valence-electron chi connectivity index (χ0n) is 8.95. The molecule has 0 atom stereocenters. The van der Waals surface area contributed by atoms with Crippen LogP contribution in [0.5, 0.6) is 0 Å². The Hall–Kier alpha value is -1.77. The van der Waals surface area contributed by atoms with Crippen LogP contribution in [0.25, 0.3) is 0 Å². The fourth-order valence-electron chi connectivity index (χ4n) is 1.74. The Bertz CT molecular complexity index is 502. The van der Waals surface area contributed by atoms with E-state index in [1.807, 2.05) is 6.07 Å². The third-order valence-corrected chi connectivity index (χ3v) is 2.70. The molecule has 0 saturated carbocycles. The van der Waals surface area contributed by atoms with Crippen molar-refractivity contribution < 1.29 is 0 Å². The van der Waals surface area contributed by atoms with Crippen LogP contribution in [0.1, 0.15) is 16.7 Å². The van der Waals surface area contributed by atoms with Crippen LogP contribution in [0.4, 0.5) is 0 Å². The standard InChI is InChI=1S/C12H14N2O/c1-9-4-3-5-10(2)11(9)8-14-7-6-13-12(14)15/h3-7H,8H2,1-2H3,(H,13,15). The first-order chi connectivity index (χ1) is 7.18. The molecule has 2 rings (SSSR count). The number of imidazole rings is 1. The smallest absolute Gasteiger partial charge is 0.313 e. The highest BCUT2D eigenvalue weighted by molar-refractivity contribution is 5.33. The third-order valence-electron chi connectivity index (χ3n) is 2.70. The molecule has 0 saturated heterocycles. The summed E-state index contributed by atoms with van der Waals surface area (Å²) in [5.74, 6) is 0. The van der Waals surface area contributed by atoms with E-state index < -0.39 is 0 Å². The summed E-state index contributed by atoms with van der Waals surface area (Å²) >= 11 is 0. The number of hydrogen-bond acceptors (Lipinski definition) is 1. The normalized spacial score (nSPS) is 10.5. The number of nitrogens with zero attached hydrogens (tertiary/aromatic N) is 1. The quantitative estimate of drug-likeness (QED) is 0.792. The average molecular weight is 202 g/mol. The van der Waals surface area contributed by atoms with Crippen LogP contribution in [0.3, 0.4) is 0 Å². The van der Waals surface area contributed by atoms with Gasteiger partial charge in [-0.2, -0.15) is 0 Å². The Morgan fingerprint density at radius 1 is 1.27 bits per heavy atom. The van der Waals surface area contributed by atoms with Gasteiger partial charge in [0.2, 0.25) is 0 Å². The Labute approximate surface area is 88.4 Å². The number of benzene rings is 1. The SMILES string of the molecule is Cc1cccc(C)c1Cn1cc[nH]c1=O. The third kappa shape index (κ3) is 1.86. The summed E-state index contributed by atoms with van der Waals surface area (Å²) in [7, 11) is 0. The summed E-state index contributed by atoms with van der Waals surface area (Å²) in [6, 6.07) is 6.17. The van der Waals surface area contributed by atoms with Crippen LogP contribution < -0.4 is 5.69 Å². The van der Waals surface area contributed by atoms with E-state index in [1.54, 1.807) is 17.0 Å². The second-order valence-electron chi connectivity index (χ2n) is 3.76. The van der Waals surface area contributed by atoms with Crippen LogP contribution in [0.15, 0.2) is 35.4 Å². The van der Waals surface area contributed by atoms with Crippen molar-refractivity contribution in [2.45, 2.75) is 20.4 Å². The van der Waals surface area contributed by atoms with E-state index in [4.69, 9.17) is 0 Å². The number of aromatic amines is 1. The lowest BCUT2D eigenvalue weighted by molar-refractivity contribution is 0.753. The molecule has 15 heavy (non-hydrogen) atoms. The molecule has 1 heterocycles. The van der Waals surface area contributed by atoms with Crippen LogP contribution in [-0.4, -0.2) is 9.55 Å². The molecule has 2 aromatic rings. The summed E-state index contributed by atoms with van der Waals surface area (Å²) in [5, 5.41) is 0. The molecule has 3 nitrogen and oxygen atoms in total. The van der Waals surface area contributed by atoms with Gasteiger partial charge in [-0.05, 0) is 30.5 Å². The molecular formula is C12H14N2O. The maximum absolute atomic E-state index is 11.4. The molecule has 0 aliphatic rings. The molecule has 1 aromatic carbocycles. The van der Waals surface area contributed by atoms with E-state index in [9.17, 15) is 4.79 Å². The van der Waals surface area contributed by atoms with Crippen molar-refractivity contribution in [3.63, 3.8) is 0 Å². The number of nitrogens with one attached hydrogen (secondary N) is 1. The van der Waals surface area contributed by atoms with Gasteiger partial charge in [0.1, 0.15) is 0 Å². The molecule has 0 radical (unpaired) electrons. The molecule has 0 fully saturated rings. The van der Waals surface area contributed by atoms with E-state index in [2.05, 4.69) is 31.0 Å². The first-order valence-electron chi connectivity index (χ1n) is 4.97. The molecule has 1 aromatic heterocycles. The van der Waals surface area contributed by atoms with Gasteiger partial charge in [0.05, 0.1) is 6.54 Å². The lowest BCUT2D eigenvalue weighted by Crippen LogP contribution is -2.17. The van der Waals surface area contributed by atoms with Crippen molar-refractivity contribution in [2.24, 2.45) is 0 Å². The summed E-state index contributed by atoms with van der Waals surface area (Å²) in [6.45, 7) is 4.78. The fourth-order valence-corrected chi connectivity index (χ4v) is 1.74. The lowest BCUT2D eigenvalue weighted by Gasteiger charge is -2.09. The summed E-state index contributed by atoms with van der Waals surface area (Å²) in [5.41, 5.74) is 3.61. The minimum atomic E-state index is -0.0577. The number of hydrogen-bond donors (Lipinski definition) is 1. The zero-order chi connectivity index (χ0) is 10.8. The van der Waals surface area contributed by atoms with Gasteiger partial charge >= 0.3 is 5.69 Å². The van der Waals surface area contributed by atoms with Crippen molar-refractivity contribution >= 4 is 0 Å². The van der Waals surface area contributed by atoms with E-state index in [0.29, 0.717) is 6.54 Å². The highest BCUT2D eigenvalue weighted by Crippen LogP contribution is 2.13. The number of aryl methyl sites for hydroxylation is 2. The topological polar surface area (TPSA) is 37.8 Å². The van der Waals surface area contributed by atoms with Crippen LogP contribution >= 0.6 is 0 Å². The number of aromatic nitrogens is 2. The molecular weight excluding hydrogens is 188 g/mol. The van der Waals surface area contributed by atoms with Crippen molar-refractivity contribution in [3.8, 4) is 0 Å². The van der Waals surface area contributed by atoms with Crippen molar-refractivity contribution in [1.29, 1.82) is 0 Å². The van der Waals surface area contributed by atoms with Crippen molar-refractivity contribution in [1.82, 2.24) is 9.55 Å². The Morgan fingerprint density at radius 2 is 1.93 bits per heavy atom. The highest BCUT2D eigenvalue weighted by atomic mass is 16.1. The Kier molecular flexibility index (Phi) is 2.46. The van der Waals surface area contributed by atoms with E-state index >= 15 is 0 Å². The largest absolute Gasteiger partial charge is 0.325 e. The summed E-state index contributed by atoms with van der Waals surface area (Å²) < 4.78 is 1.68. The monoisotopic (exact) mass is 202 g/mol. The molecule has 0 amide bonds. The first-order valence-corrected chi connectivity index (χ1v) is 4.97. The molecule has 0 bridgehead atoms. The van der Waals surface area contributed by atoms with Gasteiger partial charge in [0.25, 0.3) is 0 Å². The summed E-state index contributed by atoms with van der Waals surface area (Å²) in [4.78, 5) is 14.0. The predicted molar refractivity (Wildman–Crippen MR) is 60.1 cm³/mol. The van der Waals surface area contributed by atoms with Gasteiger partial charge in [-0.1, -0.05) is 18.2 Å². The van der Waals surface area contributed by atoms with Crippen LogP contribution in [-0.2, 0) is 6.54 Å². The molecule has 0 aliphatic carbocycles. The first kappa shape index (κ1) is 9.77. The van der Waals surface area contributed by atoms with Crippen LogP contribution in [0.2, 0.25) is 0 Å². The maximum Gasteiger partial charge on any atom is 0.325 e. The van der Waals surface area contributed by atoms with E-state index in [-0.39, 0.29) is 5.69 Å². The van der Waals surface area contributed by atoms with Crippen LogP contribution in [0, 0.1) is 13.8 Å². The predicted octanol–water partition coefficient (Wildman–Crippen LogP) is 1.84. The van der Waals surface area contributed by atoms with Gasteiger partial charge in [0.15, 0.2) is 0 Å². The average Bonchev–Trinajstić information content (AvgIpc) is 2.58. The molecule has 78 valence electrons. The second-order valence-corrected chi connectivity index (χ2v) is 3.76. The molecule has 0 spiro atoms. The number of H-pyrrole nitrogens is 1. The fraction of sp³-hybridized carbons (Fsp3) is 0.250. The molecule has 0 unspecified atom stereocenters. The summed E-state index contributed by atoms with van der Waals surface area (Å²) in [6.07, 6.45) is 3.43. The van der Waals surface area contributed by atoms with Crippen molar-refractivity contribution in [3.05, 3.63) is 57.8 Å². The highest BCUT2D eigenvalue weighted by Gasteiger charge is 2.04. The lowest BCUT2D eigenvalue weighted by atomic mass is 10.0. The van der Waals surface area contributed by atoms with Gasteiger partial charge in [-0.25, -0.2) is 4.79 Å². The minimum absolute atomic E-state index is 0.0577. The molecule has 3 heteroatoms. The van der Waals surface area contributed by atoms with Gasteiger partial charge in [0, 0.05) is 12.4 Å². The molecule has 1 N–H and O–H groups in total. The second kappa shape index (κ2) is 3.77. The van der Waals surface area contributed by atoms with Crippen molar-refractivity contribution in [2.75, 3.05) is 0 Å². The van der Waals surface area contributed by atoms with E-state index in [1.165, 1.54) is 16.7 Å². The Balaban J connectivity index is 2.40. The van der Waals surface area contributed by atoms with E-state index in [0.717, 1.165) is 0 Å².